The second kappa shape index (κ2) is 3.16. The van der Waals surface area contributed by atoms with Gasteiger partial charge in [-0.1, -0.05) is 0 Å². The highest BCUT2D eigenvalue weighted by Gasteiger charge is 2.51. The van der Waals surface area contributed by atoms with Crippen molar-refractivity contribution in [1.82, 2.24) is 10.6 Å². The Morgan fingerprint density at radius 2 is 1.80 bits per heavy atom. The molecule has 1 spiro atoms. The van der Waals surface area contributed by atoms with E-state index in [4.69, 9.17) is 11.6 Å². The van der Waals surface area contributed by atoms with Gasteiger partial charge in [0, 0.05) is 0 Å². The maximum atomic E-state index is 11.6. The number of hydrogen-bond acceptors (Lipinski definition) is 5. The van der Waals surface area contributed by atoms with Gasteiger partial charge in [0.05, 0.1) is 0 Å². The lowest BCUT2D eigenvalue weighted by Crippen LogP contribution is -2.57. The smallest absolute Gasteiger partial charge is 0.322 e. The Balaban J connectivity index is 2.10. The van der Waals surface area contributed by atoms with E-state index in [1.165, 1.54) is 0 Å². The molecule has 1 aliphatic carbocycles. The minimum absolute atomic E-state index is 0.286. The molecule has 2 aliphatic rings. The molecule has 84 valence electrons. The van der Waals surface area contributed by atoms with Gasteiger partial charge in [-0.2, -0.15) is 0 Å². The maximum absolute atomic E-state index is 11.6. The predicted molar refractivity (Wildman–Crippen MR) is 50.1 cm³/mol. The monoisotopic (exact) mass is 214 g/mol. The van der Waals surface area contributed by atoms with Crippen molar-refractivity contribution in [3.63, 3.8) is 0 Å². The Morgan fingerprint density at radius 1 is 1.20 bits per heavy atom. The third kappa shape index (κ3) is 1.58. The second-order valence-electron chi connectivity index (χ2n) is 4.17. The summed E-state index contributed by atoms with van der Waals surface area (Å²) < 4.78 is 0. The van der Waals surface area contributed by atoms with Crippen molar-refractivity contribution in [3.05, 3.63) is 0 Å². The third-order valence-electron chi connectivity index (χ3n) is 3.20. The lowest BCUT2D eigenvalue weighted by atomic mass is 9.78. The number of imide groups is 1. The first kappa shape index (κ1) is 10.3. The first-order valence-corrected chi connectivity index (χ1v) is 4.80. The number of nitrogens with two attached hydrogens (primary N) is 2. The van der Waals surface area contributed by atoms with Gasteiger partial charge in [0.1, 0.15) is 11.3 Å². The Hall–Kier alpha value is -1.18. The van der Waals surface area contributed by atoms with Crippen molar-refractivity contribution in [3.8, 4) is 0 Å². The molecular weight excluding hydrogens is 200 g/mol. The summed E-state index contributed by atoms with van der Waals surface area (Å²) in [7, 11) is 0. The molecule has 1 saturated carbocycles. The molecule has 0 bridgehead atoms. The summed E-state index contributed by atoms with van der Waals surface area (Å²) in [6, 6.07) is -0.446. The molecule has 7 nitrogen and oxygen atoms in total. The van der Waals surface area contributed by atoms with E-state index in [1.54, 1.807) is 0 Å². The summed E-state index contributed by atoms with van der Waals surface area (Å²) >= 11 is 0. The van der Waals surface area contributed by atoms with E-state index in [-0.39, 0.29) is 5.91 Å². The van der Waals surface area contributed by atoms with Crippen LogP contribution in [0.3, 0.4) is 0 Å². The third-order valence-corrected chi connectivity index (χ3v) is 3.20. The zero-order valence-corrected chi connectivity index (χ0v) is 8.21. The van der Waals surface area contributed by atoms with Crippen LogP contribution in [-0.2, 0) is 9.63 Å². The Bertz CT molecular complexity index is 309. The van der Waals surface area contributed by atoms with Crippen molar-refractivity contribution in [2.45, 2.75) is 36.9 Å². The molecule has 0 aromatic rings. The minimum Gasteiger partial charge on any atom is -0.323 e. The number of carbonyl (C=O) groups is 2. The highest BCUT2D eigenvalue weighted by molar-refractivity contribution is 6.07. The van der Waals surface area contributed by atoms with Gasteiger partial charge in [0.15, 0.2) is 0 Å². The number of urea groups is 1. The van der Waals surface area contributed by atoms with Crippen LogP contribution in [0, 0.1) is 0 Å². The van der Waals surface area contributed by atoms with Gasteiger partial charge >= 0.3 is 6.03 Å². The van der Waals surface area contributed by atoms with E-state index in [9.17, 15) is 9.59 Å². The summed E-state index contributed by atoms with van der Waals surface area (Å²) in [6.07, 6.45) is 1.77. The summed E-state index contributed by atoms with van der Waals surface area (Å²) in [6.45, 7) is 0. The van der Waals surface area contributed by atoms with Gasteiger partial charge in [0.2, 0.25) is 0 Å². The molecule has 1 aliphatic heterocycles. The minimum atomic E-state index is -0.876. The molecule has 1 saturated heterocycles. The summed E-state index contributed by atoms with van der Waals surface area (Å²) in [5.74, 6) is 4.79. The van der Waals surface area contributed by atoms with E-state index in [0.717, 1.165) is 0 Å². The van der Waals surface area contributed by atoms with Gasteiger partial charge in [0.25, 0.3) is 5.91 Å². The van der Waals surface area contributed by atoms with E-state index in [1.807, 2.05) is 0 Å². The van der Waals surface area contributed by atoms with Crippen LogP contribution >= 0.6 is 0 Å². The fourth-order valence-corrected chi connectivity index (χ4v) is 2.10. The summed E-state index contributed by atoms with van der Waals surface area (Å²) in [5.41, 5.74) is 4.11. The molecule has 0 atom stereocenters. The van der Waals surface area contributed by atoms with Crippen LogP contribution in [0.5, 0.6) is 0 Å². The molecule has 0 unspecified atom stereocenters. The van der Waals surface area contributed by atoms with Gasteiger partial charge in [-0.25, -0.2) is 10.7 Å². The molecule has 0 aromatic heterocycles. The van der Waals surface area contributed by atoms with Gasteiger partial charge in [-0.15, -0.1) is 0 Å². The first-order valence-electron chi connectivity index (χ1n) is 4.80. The quantitative estimate of drug-likeness (QED) is 0.245. The standard InChI is InChI=1S/C8H14N4O3/c9-8(15-10)3-1-7(2-4-8)5(13)11-6(14)12-7/h1-4,9-10H2,(H2,11,12,13,14). The molecule has 2 fully saturated rings. The number of hydrogen-bond donors (Lipinski definition) is 4. The zero-order chi connectivity index (χ0) is 11.1. The molecule has 7 heteroatoms. The molecule has 0 aromatic carbocycles. The van der Waals surface area contributed by atoms with Crippen LogP contribution in [0.2, 0.25) is 0 Å². The van der Waals surface area contributed by atoms with Crippen LogP contribution in [0.4, 0.5) is 4.79 Å². The predicted octanol–water partition coefficient (Wildman–Crippen LogP) is -1.32. The first-order chi connectivity index (χ1) is 7.00. The molecular formula is C8H14N4O3. The van der Waals surface area contributed by atoms with E-state index >= 15 is 0 Å². The van der Waals surface area contributed by atoms with E-state index in [2.05, 4.69) is 15.5 Å². The van der Waals surface area contributed by atoms with Crippen LogP contribution in [0.15, 0.2) is 0 Å². The highest BCUT2D eigenvalue weighted by atomic mass is 16.6. The Morgan fingerprint density at radius 3 is 2.20 bits per heavy atom. The molecule has 3 amide bonds. The van der Waals surface area contributed by atoms with Gasteiger partial charge in [-0.05, 0) is 25.7 Å². The summed E-state index contributed by atoms with van der Waals surface area (Å²) in [5, 5.41) is 4.85. The van der Waals surface area contributed by atoms with E-state index < -0.39 is 17.3 Å². The topological polar surface area (TPSA) is 119 Å². The highest BCUT2D eigenvalue weighted by Crippen LogP contribution is 2.35. The van der Waals surface area contributed by atoms with Crippen LogP contribution in [0.25, 0.3) is 0 Å². The van der Waals surface area contributed by atoms with Gasteiger partial charge < -0.3 is 11.1 Å². The number of amides is 3. The van der Waals surface area contributed by atoms with E-state index in [0.29, 0.717) is 25.7 Å². The molecule has 1 heterocycles. The summed E-state index contributed by atoms with van der Waals surface area (Å²) in [4.78, 5) is 27.3. The Labute approximate surface area is 86.5 Å². The van der Waals surface area contributed by atoms with Crippen molar-refractivity contribution in [2.75, 3.05) is 0 Å². The number of carbonyl (C=O) groups excluding carboxylic acids is 2. The molecule has 6 N–H and O–H groups in total. The van der Waals surface area contributed by atoms with Crippen molar-refractivity contribution >= 4 is 11.9 Å². The van der Waals surface area contributed by atoms with Gasteiger partial charge in [-0.3, -0.25) is 14.9 Å². The fraction of sp³-hybridized carbons (Fsp3) is 0.750. The van der Waals surface area contributed by atoms with Crippen molar-refractivity contribution < 1.29 is 14.4 Å². The van der Waals surface area contributed by atoms with Crippen molar-refractivity contribution in [2.24, 2.45) is 11.6 Å². The lowest BCUT2D eigenvalue weighted by Gasteiger charge is -2.39. The normalized spacial score (nSPS) is 40.4. The average molecular weight is 214 g/mol. The fourth-order valence-electron chi connectivity index (χ4n) is 2.10. The SMILES string of the molecule is NOC1(N)CCC2(CC1)NC(=O)NC2=O. The van der Waals surface area contributed by atoms with Crippen LogP contribution in [0.1, 0.15) is 25.7 Å². The second-order valence-corrected chi connectivity index (χ2v) is 4.17. The maximum Gasteiger partial charge on any atom is 0.322 e. The average Bonchev–Trinajstić information content (AvgIpc) is 2.48. The number of rotatable bonds is 1. The van der Waals surface area contributed by atoms with Crippen molar-refractivity contribution in [1.29, 1.82) is 0 Å². The zero-order valence-electron chi connectivity index (χ0n) is 8.21. The molecule has 0 radical (unpaired) electrons. The molecule has 15 heavy (non-hydrogen) atoms. The number of nitrogens with one attached hydrogen (secondary N) is 2. The van der Waals surface area contributed by atoms with Crippen LogP contribution < -0.4 is 22.3 Å². The largest absolute Gasteiger partial charge is 0.323 e. The molecule has 2 rings (SSSR count). The lowest BCUT2D eigenvalue weighted by molar-refractivity contribution is -0.130. The Kier molecular flexibility index (Phi) is 2.18. The van der Waals surface area contributed by atoms with Crippen LogP contribution in [-0.4, -0.2) is 23.2 Å².